The monoisotopic (exact) mass is 288 g/mol. The van der Waals surface area contributed by atoms with Gasteiger partial charge in [0.2, 0.25) is 5.91 Å². The lowest BCUT2D eigenvalue weighted by atomic mass is 10.3. The fraction of sp³-hybridized carbons (Fsp3) is 0.417. The molecule has 0 aliphatic heterocycles. The maximum Gasteiger partial charge on any atom is 0.235 e. The highest BCUT2D eigenvalue weighted by Gasteiger charge is 2.31. The summed E-state index contributed by atoms with van der Waals surface area (Å²) in [6, 6.07) is 1.96. The fourth-order valence-corrected chi connectivity index (χ4v) is 2.87. The molecule has 1 fully saturated rings. The Balaban J connectivity index is 2.13. The molecule has 1 aliphatic rings. The van der Waals surface area contributed by atoms with Gasteiger partial charge in [-0.1, -0.05) is 0 Å². The van der Waals surface area contributed by atoms with E-state index in [9.17, 15) is 17.8 Å². The van der Waals surface area contributed by atoms with Gasteiger partial charge in [0.05, 0.1) is 10.8 Å². The van der Waals surface area contributed by atoms with Crippen LogP contribution in [0.5, 0.6) is 0 Å². The molecule has 0 saturated heterocycles. The lowest BCUT2D eigenvalue weighted by Crippen LogP contribution is -2.32. The molecular formula is C12H14F2N2O2S. The van der Waals surface area contributed by atoms with E-state index in [4.69, 9.17) is 5.73 Å². The third-order valence-corrected chi connectivity index (χ3v) is 4.35. The second kappa shape index (κ2) is 5.24. The number of hydrogen-bond donors (Lipinski definition) is 1. The molecule has 19 heavy (non-hydrogen) atoms. The van der Waals surface area contributed by atoms with Gasteiger partial charge in [0.25, 0.3) is 0 Å². The highest BCUT2D eigenvalue weighted by molar-refractivity contribution is 7.85. The Morgan fingerprint density at radius 3 is 2.42 bits per heavy atom. The zero-order valence-electron chi connectivity index (χ0n) is 10.4. The summed E-state index contributed by atoms with van der Waals surface area (Å²) in [6.07, 6.45) is 1.83. The van der Waals surface area contributed by atoms with Gasteiger partial charge >= 0.3 is 0 Å². The van der Waals surface area contributed by atoms with Crippen LogP contribution in [0.2, 0.25) is 0 Å². The van der Waals surface area contributed by atoms with E-state index in [2.05, 4.69) is 0 Å². The number of amides is 1. The molecular weight excluding hydrogens is 274 g/mol. The average Bonchev–Trinajstić information content (AvgIpc) is 3.09. The topological polar surface area (TPSA) is 63.4 Å². The number of rotatable bonds is 4. The maximum absolute atomic E-state index is 13.5. The first-order valence-corrected chi connectivity index (χ1v) is 7.10. The second-order valence-electron chi connectivity index (χ2n) is 4.54. The maximum atomic E-state index is 13.5. The molecule has 0 radical (unpaired) electrons. The van der Waals surface area contributed by atoms with Crippen LogP contribution in [0, 0.1) is 11.6 Å². The van der Waals surface area contributed by atoms with Crippen LogP contribution in [0.15, 0.2) is 17.0 Å². The summed E-state index contributed by atoms with van der Waals surface area (Å²) >= 11 is 0. The summed E-state index contributed by atoms with van der Waals surface area (Å²) in [5, 5.41) is 0. The van der Waals surface area contributed by atoms with Crippen molar-refractivity contribution in [3.63, 3.8) is 0 Å². The Morgan fingerprint density at radius 2 is 1.95 bits per heavy atom. The van der Waals surface area contributed by atoms with Gasteiger partial charge in [0.1, 0.15) is 22.3 Å². The minimum absolute atomic E-state index is 0.0859. The Hall–Kier alpha value is -1.50. The van der Waals surface area contributed by atoms with Gasteiger partial charge in [0.15, 0.2) is 0 Å². The SMILES string of the molecule is CN(C(=O)CS(=O)c1c(F)cc(N)cc1F)C1CC1. The van der Waals surface area contributed by atoms with Crippen LogP contribution in [0.3, 0.4) is 0 Å². The van der Waals surface area contributed by atoms with Crippen LogP contribution in [0.1, 0.15) is 12.8 Å². The van der Waals surface area contributed by atoms with Crippen molar-refractivity contribution in [1.29, 1.82) is 0 Å². The molecule has 1 saturated carbocycles. The summed E-state index contributed by atoms with van der Waals surface area (Å²) in [4.78, 5) is 12.6. The zero-order chi connectivity index (χ0) is 14.2. The van der Waals surface area contributed by atoms with Crippen molar-refractivity contribution in [2.24, 2.45) is 0 Å². The minimum Gasteiger partial charge on any atom is -0.399 e. The molecule has 2 rings (SSSR count). The van der Waals surface area contributed by atoms with Gasteiger partial charge in [-0.2, -0.15) is 0 Å². The third kappa shape index (κ3) is 3.09. The molecule has 1 aromatic carbocycles. The third-order valence-electron chi connectivity index (χ3n) is 2.99. The molecule has 1 atom stereocenters. The van der Waals surface area contributed by atoms with Crippen LogP contribution in [-0.4, -0.2) is 33.9 Å². The molecule has 0 aromatic heterocycles. The smallest absolute Gasteiger partial charge is 0.235 e. The predicted molar refractivity (Wildman–Crippen MR) is 67.8 cm³/mol. The van der Waals surface area contributed by atoms with Crippen molar-refractivity contribution in [3.05, 3.63) is 23.8 Å². The minimum atomic E-state index is -2.05. The molecule has 0 spiro atoms. The van der Waals surface area contributed by atoms with Gasteiger partial charge < -0.3 is 10.6 Å². The van der Waals surface area contributed by atoms with Crippen molar-refractivity contribution >= 4 is 22.4 Å². The molecule has 1 aromatic rings. The first kappa shape index (κ1) is 13.9. The number of nitrogen functional groups attached to an aromatic ring is 1. The van der Waals surface area contributed by atoms with Crippen molar-refractivity contribution in [1.82, 2.24) is 4.90 Å². The number of anilines is 1. The van der Waals surface area contributed by atoms with Crippen LogP contribution < -0.4 is 5.73 Å². The molecule has 104 valence electrons. The molecule has 1 aliphatic carbocycles. The standard InChI is InChI=1S/C12H14F2N2O2S/c1-16(8-2-3-8)11(17)6-19(18)12-9(13)4-7(15)5-10(12)14/h4-5,8H,2-3,6,15H2,1H3. The van der Waals surface area contributed by atoms with E-state index >= 15 is 0 Å². The van der Waals surface area contributed by atoms with Crippen molar-refractivity contribution in [3.8, 4) is 0 Å². The van der Waals surface area contributed by atoms with E-state index in [0.717, 1.165) is 25.0 Å². The van der Waals surface area contributed by atoms with E-state index in [1.54, 1.807) is 7.05 Å². The highest BCUT2D eigenvalue weighted by atomic mass is 32.2. The normalized spacial score (nSPS) is 16.2. The quantitative estimate of drug-likeness (QED) is 0.849. The largest absolute Gasteiger partial charge is 0.399 e. The molecule has 0 bridgehead atoms. The molecule has 1 unspecified atom stereocenters. The van der Waals surface area contributed by atoms with Crippen LogP contribution in [0.25, 0.3) is 0 Å². The number of halogens is 2. The second-order valence-corrected chi connectivity index (χ2v) is 5.93. The summed E-state index contributed by atoms with van der Waals surface area (Å²) in [5.41, 5.74) is 5.19. The molecule has 4 nitrogen and oxygen atoms in total. The number of nitrogens with two attached hydrogens (primary N) is 1. The number of nitrogens with zero attached hydrogens (tertiary/aromatic N) is 1. The molecule has 2 N–H and O–H groups in total. The van der Waals surface area contributed by atoms with Gasteiger partial charge in [-0.15, -0.1) is 0 Å². The Bertz CT molecular complexity index is 524. The molecule has 0 heterocycles. The lowest BCUT2D eigenvalue weighted by Gasteiger charge is -2.16. The molecule has 7 heteroatoms. The molecule has 1 amide bonds. The number of carbonyl (C=O) groups is 1. The predicted octanol–water partition coefficient (Wildman–Crippen LogP) is 1.28. The summed E-state index contributed by atoms with van der Waals surface area (Å²) in [6.45, 7) is 0. The zero-order valence-corrected chi connectivity index (χ0v) is 11.2. The highest BCUT2D eigenvalue weighted by Crippen LogP contribution is 2.26. The van der Waals surface area contributed by atoms with Crippen LogP contribution in [0.4, 0.5) is 14.5 Å². The van der Waals surface area contributed by atoms with Gasteiger partial charge in [-0.25, -0.2) is 8.78 Å². The summed E-state index contributed by atoms with van der Waals surface area (Å²) in [5.74, 6) is -2.78. The lowest BCUT2D eigenvalue weighted by molar-refractivity contribution is -0.127. The van der Waals surface area contributed by atoms with E-state index in [-0.39, 0.29) is 17.6 Å². The summed E-state index contributed by atoms with van der Waals surface area (Å²) < 4.78 is 39.0. The van der Waals surface area contributed by atoms with Crippen molar-refractivity contribution in [2.45, 2.75) is 23.8 Å². The van der Waals surface area contributed by atoms with Crippen molar-refractivity contribution < 1.29 is 17.8 Å². The fourth-order valence-electron chi connectivity index (χ4n) is 1.75. The van der Waals surface area contributed by atoms with Crippen LogP contribution in [-0.2, 0) is 15.6 Å². The van der Waals surface area contributed by atoms with Gasteiger partial charge in [0, 0.05) is 18.8 Å². The number of carbonyl (C=O) groups excluding carboxylic acids is 1. The first-order chi connectivity index (χ1) is 8.90. The Kier molecular flexibility index (Phi) is 3.84. The van der Waals surface area contributed by atoms with E-state index in [1.165, 1.54) is 4.90 Å². The van der Waals surface area contributed by atoms with E-state index < -0.39 is 33.1 Å². The van der Waals surface area contributed by atoms with E-state index in [1.807, 2.05) is 0 Å². The summed E-state index contributed by atoms with van der Waals surface area (Å²) in [7, 11) is -0.447. The Labute approximate surface area is 112 Å². The van der Waals surface area contributed by atoms with Crippen LogP contribution >= 0.6 is 0 Å². The van der Waals surface area contributed by atoms with E-state index in [0.29, 0.717) is 0 Å². The number of hydrogen-bond acceptors (Lipinski definition) is 3. The first-order valence-electron chi connectivity index (χ1n) is 5.78. The average molecular weight is 288 g/mol. The Morgan fingerprint density at radius 1 is 1.42 bits per heavy atom. The van der Waals surface area contributed by atoms with Gasteiger partial charge in [-0.3, -0.25) is 9.00 Å². The van der Waals surface area contributed by atoms with Crippen molar-refractivity contribution in [2.75, 3.05) is 18.5 Å². The van der Waals surface area contributed by atoms with Gasteiger partial charge in [-0.05, 0) is 25.0 Å². The number of benzene rings is 1.